The first-order valence-corrected chi connectivity index (χ1v) is 6.00. The van der Waals surface area contributed by atoms with Crippen molar-refractivity contribution in [3.05, 3.63) is 18.3 Å². The summed E-state index contributed by atoms with van der Waals surface area (Å²) in [5, 5.41) is 0. The third kappa shape index (κ3) is 3.83. The number of hydrogen-bond acceptors (Lipinski definition) is 4. The Balaban J connectivity index is 1.88. The fourth-order valence-electron chi connectivity index (χ4n) is 1.79. The molecule has 8 heteroatoms. The molecule has 1 aromatic rings. The Labute approximate surface area is 113 Å². The van der Waals surface area contributed by atoms with Gasteiger partial charge in [-0.3, -0.25) is 4.79 Å². The highest BCUT2D eigenvalue weighted by Crippen LogP contribution is 2.28. The molecule has 110 valence electrons. The summed E-state index contributed by atoms with van der Waals surface area (Å²) in [6.45, 7) is -0.969. The quantitative estimate of drug-likeness (QED) is 0.793. The van der Waals surface area contributed by atoms with Gasteiger partial charge in [0.05, 0.1) is 19.6 Å². The van der Waals surface area contributed by atoms with Crippen molar-refractivity contribution < 1.29 is 27.4 Å². The first-order valence-electron chi connectivity index (χ1n) is 6.00. The molecule has 0 saturated carbocycles. The zero-order chi connectivity index (χ0) is 14.6. The van der Waals surface area contributed by atoms with E-state index in [0.717, 1.165) is 0 Å². The topological polar surface area (TPSA) is 51.7 Å². The standard InChI is InChI=1S/C12H13F3N2O3/c13-12(14,15)8-19-6-3-10(18)17-5-7-20-11-9(17)2-1-4-16-11/h1-2,4H,3,5-8H2. The smallest absolute Gasteiger partial charge is 0.411 e. The third-order valence-electron chi connectivity index (χ3n) is 2.62. The molecule has 0 saturated heterocycles. The van der Waals surface area contributed by atoms with Crippen LogP contribution in [0.2, 0.25) is 0 Å². The summed E-state index contributed by atoms with van der Waals surface area (Å²) in [5.41, 5.74) is 0.527. The molecule has 1 amide bonds. The number of anilines is 1. The lowest BCUT2D eigenvalue weighted by atomic mass is 10.2. The first kappa shape index (κ1) is 14.6. The molecule has 2 rings (SSSR count). The van der Waals surface area contributed by atoms with Gasteiger partial charge in [0, 0.05) is 6.20 Å². The van der Waals surface area contributed by atoms with Gasteiger partial charge in [0.2, 0.25) is 11.8 Å². The van der Waals surface area contributed by atoms with E-state index >= 15 is 0 Å². The highest BCUT2D eigenvalue weighted by molar-refractivity contribution is 5.94. The van der Waals surface area contributed by atoms with Crippen LogP contribution in [0.1, 0.15) is 6.42 Å². The molecule has 0 bridgehead atoms. The fraction of sp³-hybridized carbons (Fsp3) is 0.500. The minimum Gasteiger partial charge on any atom is -0.474 e. The van der Waals surface area contributed by atoms with Crippen molar-refractivity contribution >= 4 is 11.6 Å². The van der Waals surface area contributed by atoms with Crippen molar-refractivity contribution in [3.8, 4) is 5.88 Å². The summed E-state index contributed by atoms with van der Waals surface area (Å²) in [6.07, 6.45) is -2.96. The number of ether oxygens (including phenoxy) is 2. The van der Waals surface area contributed by atoms with Crippen LogP contribution in [0.3, 0.4) is 0 Å². The molecule has 1 aliphatic heterocycles. The molecule has 1 aliphatic rings. The molecule has 0 N–H and O–H groups in total. The number of fused-ring (bicyclic) bond motifs is 1. The molecule has 1 aromatic heterocycles. The number of halogens is 3. The molecule has 5 nitrogen and oxygen atoms in total. The number of carbonyl (C=O) groups is 1. The number of pyridine rings is 1. The molecule has 0 aromatic carbocycles. The third-order valence-corrected chi connectivity index (χ3v) is 2.62. The molecule has 0 aliphatic carbocycles. The van der Waals surface area contributed by atoms with Gasteiger partial charge in [0.1, 0.15) is 18.9 Å². The largest absolute Gasteiger partial charge is 0.474 e. The Morgan fingerprint density at radius 1 is 1.50 bits per heavy atom. The maximum absolute atomic E-state index is 12.0. The molecule has 0 atom stereocenters. The highest BCUT2D eigenvalue weighted by atomic mass is 19.4. The fourth-order valence-corrected chi connectivity index (χ4v) is 1.79. The lowest BCUT2D eigenvalue weighted by molar-refractivity contribution is -0.174. The SMILES string of the molecule is O=C(CCOCC(F)(F)F)N1CCOc2ncccc21. The van der Waals surface area contributed by atoms with Crippen LogP contribution in [0.25, 0.3) is 0 Å². The minimum absolute atomic E-state index is 0.121. The van der Waals surface area contributed by atoms with Crippen LogP contribution in [0, 0.1) is 0 Å². The minimum atomic E-state index is -4.38. The van der Waals surface area contributed by atoms with Crippen molar-refractivity contribution in [1.29, 1.82) is 0 Å². The van der Waals surface area contributed by atoms with Crippen molar-refractivity contribution in [2.24, 2.45) is 0 Å². The number of aromatic nitrogens is 1. The van der Waals surface area contributed by atoms with E-state index in [-0.39, 0.29) is 18.9 Å². The predicted octanol–water partition coefficient (Wildman–Crippen LogP) is 1.78. The summed E-state index contributed by atoms with van der Waals surface area (Å²) < 4.78 is 45.4. The van der Waals surface area contributed by atoms with Crippen LogP contribution in [-0.2, 0) is 9.53 Å². The zero-order valence-electron chi connectivity index (χ0n) is 10.5. The van der Waals surface area contributed by atoms with E-state index in [1.165, 1.54) is 4.90 Å². The van der Waals surface area contributed by atoms with E-state index in [1.54, 1.807) is 18.3 Å². The van der Waals surface area contributed by atoms with Gasteiger partial charge in [0.15, 0.2) is 0 Å². The molecule has 0 unspecified atom stereocenters. The molecule has 20 heavy (non-hydrogen) atoms. The van der Waals surface area contributed by atoms with E-state index in [1.807, 2.05) is 0 Å². The molecule has 0 fully saturated rings. The normalized spacial score (nSPS) is 14.7. The van der Waals surface area contributed by atoms with Crippen LogP contribution in [-0.4, -0.2) is 43.4 Å². The van der Waals surface area contributed by atoms with Gasteiger partial charge in [-0.1, -0.05) is 0 Å². The number of hydrogen-bond donors (Lipinski definition) is 0. The summed E-state index contributed by atoms with van der Waals surface area (Å²) in [7, 11) is 0. The van der Waals surface area contributed by atoms with Crippen molar-refractivity contribution in [3.63, 3.8) is 0 Å². The predicted molar refractivity (Wildman–Crippen MR) is 63.6 cm³/mol. The van der Waals surface area contributed by atoms with E-state index in [9.17, 15) is 18.0 Å². The van der Waals surface area contributed by atoms with E-state index in [2.05, 4.69) is 9.72 Å². The van der Waals surface area contributed by atoms with Gasteiger partial charge in [-0.15, -0.1) is 0 Å². The van der Waals surface area contributed by atoms with E-state index in [4.69, 9.17) is 4.74 Å². The van der Waals surface area contributed by atoms with Crippen LogP contribution in [0.15, 0.2) is 18.3 Å². The molecular formula is C12H13F3N2O3. The average molecular weight is 290 g/mol. The van der Waals surface area contributed by atoms with Gasteiger partial charge in [-0.25, -0.2) is 4.98 Å². The monoisotopic (exact) mass is 290 g/mol. The van der Waals surface area contributed by atoms with Crippen molar-refractivity contribution in [1.82, 2.24) is 4.98 Å². The maximum Gasteiger partial charge on any atom is 0.411 e. The van der Waals surface area contributed by atoms with Crippen LogP contribution in [0.4, 0.5) is 18.9 Å². The first-order chi connectivity index (χ1) is 9.47. The molecule has 0 spiro atoms. The van der Waals surface area contributed by atoms with Crippen LogP contribution < -0.4 is 9.64 Å². The summed E-state index contributed by atoms with van der Waals surface area (Å²) >= 11 is 0. The summed E-state index contributed by atoms with van der Waals surface area (Å²) in [5.74, 6) is 0.0352. The van der Waals surface area contributed by atoms with Gasteiger partial charge in [-0.2, -0.15) is 13.2 Å². The molecule has 2 heterocycles. The zero-order valence-corrected chi connectivity index (χ0v) is 10.5. The molecular weight excluding hydrogens is 277 g/mol. The Bertz CT molecular complexity index is 479. The number of alkyl halides is 3. The van der Waals surface area contributed by atoms with Crippen LogP contribution in [0.5, 0.6) is 5.88 Å². The van der Waals surface area contributed by atoms with E-state index < -0.39 is 12.8 Å². The number of carbonyl (C=O) groups excluding carboxylic acids is 1. The Morgan fingerprint density at radius 3 is 3.05 bits per heavy atom. The lowest BCUT2D eigenvalue weighted by Gasteiger charge is -2.28. The highest BCUT2D eigenvalue weighted by Gasteiger charge is 2.28. The number of amides is 1. The second-order valence-electron chi connectivity index (χ2n) is 4.14. The summed E-state index contributed by atoms with van der Waals surface area (Å²) in [4.78, 5) is 17.4. The Hall–Kier alpha value is -1.83. The van der Waals surface area contributed by atoms with Gasteiger partial charge >= 0.3 is 6.18 Å². The second kappa shape index (κ2) is 6.08. The van der Waals surface area contributed by atoms with Gasteiger partial charge in [-0.05, 0) is 12.1 Å². The Kier molecular flexibility index (Phi) is 4.43. The van der Waals surface area contributed by atoms with Gasteiger partial charge in [0.25, 0.3) is 0 Å². The molecule has 0 radical (unpaired) electrons. The van der Waals surface area contributed by atoms with Gasteiger partial charge < -0.3 is 14.4 Å². The lowest BCUT2D eigenvalue weighted by Crippen LogP contribution is -2.38. The maximum atomic E-state index is 12.0. The number of nitrogens with zero attached hydrogens (tertiary/aromatic N) is 2. The Morgan fingerprint density at radius 2 is 2.30 bits per heavy atom. The second-order valence-corrected chi connectivity index (χ2v) is 4.14. The van der Waals surface area contributed by atoms with Crippen molar-refractivity contribution in [2.45, 2.75) is 12.6 Å². The van der Waals surface area contributed by atoms with Crippen molar-refractivity contribution in [2.75, 3.05) is 31.3 Å². The van der Waals surface area contributed by atoms with Crippen LogP contribution >= 0.6 is 0 Å². The summed E-state index contributed by atoms with van der Waals surface area (Å²) in [6, 6.07) is 3.34. The van der Waals surface area contributed by atoms with E-state index in [0.29, 0.717) is 24.7 Å². The average Bonchev–Trinajstić information content (AvgIpc) is 2.41. The number of rotatable bonds is 4.